The number of carboxylic acids is 1. The molecule has 1 atom stereocenters. The molecule has 0 saturated heterocycles. The van der Waals surface area contributed by atoms with Gasteiger partial charge in [0, 0.05) is 10.9 Å². The van der Waals surface area contributed by atoms with Gasteiger partial charge in [0.05, 0.1) is 0 Å². The van der Waals surface area contributed by atoms with Gasteiger partial charge in [0.1, 0.15) is 17.6 Å². The fourth-order valence-corrected chi connectivity index (χ4v) is 2.43. The highest BCUT2D eigenvalue weighted by Crippen LogP contribution is 2.21. The number of fused-ring (bicyclic) bond motifs is 1. The third-order valence-electron chi connectivity index (χ3n) is 3.46. The molecule has 1 aromatic heterocycles. The first-order valence-electron chi connectivity index (χ1n) is 7.10. The Morgan fingerprint density at radius 2 is 2.00 bits per heavy atom. The van der Waals surface area contributed by atoms with E-state index in [0.717, 1.165) is 5.39 Å². The number of rotatable bonds is 5. The highest BCUT2D eigenvalue weighted by atomic mass is 19.1. The summed E-state index contributed by atoms with van der Waals surface area (Å²) in [5.41, 5.74) is 1.44. The molecule has 0 bridgehead atoms. The topological polar surface area (TPSA) is 82.2 Å². The van der Waals surface area contributed by atoms with Crippen LogP contribution in [-0.2, 0) is 4.79 Å². The summed E-state index contributed by atoms with van der Waals surface area (Å²) in [6.45, 7) is 5.52. The molecule has 1 aromatic carbocycles. The first-order chi connectivity index (χ1) is 10.3. The summed E-state index contributed by atoms with van der Waals surface area (Å²) in [7, 11) is 0. The number of hydrogen-bond donors (Lipinski definition) is 3. The zero-order valence-corrected chi connectivity index (χ0v) is 12.7. The Bertz CT molecular complexity index is 721. The summed E-state index contributed by atoms with van der Waals surface area (Å²) in [5, 5.41) is 12.4. The number of hydrogen-bond acceptors (Lipinski definition) is 2. The van der Waals surface area contributed by atoms with Gasteiger partial charge in [-0.05, 0) is 43.0 Å². The van der Waals surface area contributed by atoms with E-state index in [-0.39, 0.29) is 17.4 Å². The molecular weight excluding hydrogens is 287 g/mol. The number of H-pyrrole nitrogens is 1. The molecule has 0 spiro atoms. The lowest BCUT2D eigenvalue weighted by atomic mass is 10.0. The van der Waals surface area contributed by atoms with Crippen molar-refractivity contribution in [3.05, 3.63) is 35.3 Å². The van der Waals surface area contributed by atoms with Crippen molar-refractivity contribution in [3.63, 3.8) is 0 Å². The van der Waals surface area contributed by atoms with Crippen molar-refractivity contribution in [1.29, 1.82) is 0 Å². The number of benzene rings is 1. The number of amides is 1. The summed E-state index contributed by atoms with van der Waals surface area (Å²) in [5.74, 6) is -1.83. The highest BCUT2D eigenvalue weighted by molar-refractivity contribution is 6.00. The Kier molecular flexibility index (Phi) is 4.49. The predicted molar refractivity (Wildman–Crippen MR) is 81.3 cm³/mol. The van der Waals surface area contributed by atoms with Gasteiger partial charge in [0.2, 0.25) is 0 Å². The van der Waals surface area contributed by atoms with Gasteiger partial charge in [0.15, 0.2) is 0 Å². The van der Waals surface area contributed by atoms with E-state index in [9.17, 15) is 14.0 Å². The molecule has 0 aliphatic rings. The number of aromatic nitrogens is 1. The number of nitrogens with one attached hydrogen (secondary N) is 2. The first-order valence-corrected chi connectivity index (χ1v) is 7.10. The van der Waals surface area contributed by atoms with Gasteiger partial charge in [-0.15, -0.1) is 0 Å². The quantitative estimate of drug-likeness (QED) is 0.794. The van der Waals surface area contributed by atoms with Crippen LogP contribution in [0.15, 0.2) is 18.2 Å². The smallest absolute Gasteiger partial charge is 0.326 e. The summed E-state index contributed by atoms with van der Waals surface area (Å²) in [6.07, 6.45) is 0.342. The van der Waals surface area contributed by atoms with Crippen molar-refractivity contribution in [2.75, 3.05) is 0 Å². The van der Waals surface area contributed by atoms with Crippen molar-refractivity contribution in [3.8, 4) is 0 Å². The average Bonchev–Trinajstić information content (AvgIpc) is 2.81. The zero-order chi connectivity index (χ0) is 16.4. The molecule has 2 aromatic rings. The molecule has 0 unspecified atom stereocenters. The molecule has 0 fully saturated rings. The van der Waals surface area contributed by atoms with Crippen LogP contribution in [0.3, 0.4) is 0 Å². The maximum Gasteiger partial charge on any atom is 0.326 e. The monoisotopic (exact) mass is 306 g/mol. The van der Waals surface area contributed by atoms with E-state index in [2.05, 4.69) is 10.3 Å². The van der Waals surface area contributed by atoms with Crippen molar-refractivity contribution in [2.24, 2.45) is 5.92 Å². The molecule has 5 nitrogen and oxygen atoms in total. The van der Waals surface area contributed by atoms with Crippen LogP contribution in [0.1, 0.15) is 36.3 Å². The van der Waals surface area contributed by atoms with Crippen LogP contribution in [0.2, 0.25) is 0 Å². The highest BCUT2D eigenvalue weighted by Gasteiger charge is 2.22. The van der Waals surface area contributed by atoms with Crippen molar-refractivity contribution in [2.45, 2.75) is 33.2 Å². The summed E-state index contributed by atoms with van der Waals surface area (Å²) in [4.78, 5) is 26.2. The van der Waals surface area contributed by atoms with E-state index in [1.807, 2.05) is 13.8 Å². The van der Waals surface area contributed by atoms with Gasteiger partial charge in [-0.3, -0.25) is 4.79 Å². The molecule has 2 rings (SSSR count). The molecule has 1 amide bonds. The van der Waals surface area contributed by atoms with E-state index in [1.54, 1.807) is 13.0 Å². The van der Waals surface area contributed by atoms with Crippen LogP contribution in [0, 0.1) is 18.7 Å². The normalized spacial score (nSPS) is 12.6. The number of carbonyl (C=O) groups excluding carboxylic acids is 1. The molecule has 22 heavy (non-hydrogen) atoms. The second kappa shape index (κ2) is 6.17. The van der Waals surface area contributed by atoms with Gasteiger partial charge in [-0.1, -0.05) is 13.8 Å². The van der Waals surface area contributed by atoms with E-state index in [0.29, 0.717) is 17.5 Å². The molecule has 0 aliphatic carbocycles. The Balaban J connectivity index is 2.25. The fourth-order valence-electron chi connectivity index (χ4n) is 2.43. The standard InChI is InChI=1S/C16H19FN2O3/c1-8(2)4-14(16(21)22)19-15(20)13-7-11-9(3)5-10(17)6-12(11)18-13/h5-8,14,18H,4H2,1-3H3,(H,19,20)(H,21,22)/t14-/m1/s1. The minimum absolute atomic E-state index is 0.139. The number of aryl methyl sites for hydroxylation is 1. The Hall–Kier alpha value is -2.37. The van der Waals surface area contributed by atoms with E-state index in [1.165, 1.54) is 12.1 Å². The molecule has 1 heterocycles. The van der Waals surface area contributed by atoms with Crippen molar-refractivity contribution in [1.82, 2.24) is 10.3 Å². The minimum Gasteiger partial charge on any atom is -0.480 e. The van der Waals surface area contributed by atoms with Gasteiger partial charge < -0.3 is 15.4 Å². The van der Waals surface area contributed by atoms with Gasteiger partial charge in [-0.25, -0.2) is 9.18 Å². The molecule has 0 radical (unpaired) electrons. The molecule has 0 saturated carbocycles. The average molecular weight is 306 g/mol. The lowest BCUT2D eigenvalue weighted by molar-refractivity contribution is -0.139. The Labute approximate surface area is 127 Å². The lowest BCUT2D eigenvalue weighted by Crippen LogP contribution is -2.41. The number of aliphatic carboxylic acids is 1. The molecule has 118 valence electrons. The minimum atomic E-state index is -1.07. The third-order valence-corrected chi connectivity index (χ3v) is 3.46. The number of halogens is 1. The van der Waals surface area contributed by atoms with E-state index in [4.69, 9.17) is 5.11 Å². The van der Waals surface area contributed by atoms with Crippen molar-refractivity contribution >= 4 is 22.8 Å². The van der Waals surface area contributed by atoms with Crippen LogP contribution >= 0.6 is 0 Å². The SMILES string of the molecule is Cc1cc(F)cc2[nH]c(C(=O)N[C@H](CC(C)C)C(=O)O)cc12. The molecular formula is C16H19FN2O3. The second-order valence-electron chi connectivity index (χ2n) is 5.86. The molecule has 6 heteroatoms. The van der Waals surface area contributed by atoms with Crippen LogP contribution in [0.5, 0.6) is 0 Å². The lowest BCUT2D eigenvalue weighted by Gasteiger charge is -2.15. The van der Waals surface area contributed by atoms with Crippen LogP contribution in [-0.4, -0.2) is 28.0 Å². The number of carbonyl (C=O) groups is 2. The van der Waals surface area contributed by atoms with Gasteiger partial charge in [-0.2, -0.15) is 0 Å². The largest absolute Gasteiger partial charge is 0.480 e. The maximum atomic E-state index is 13.4. The fraction of sp³-hybridized carbons (Fsp3) is 0.375. The van der Waals surface area contributed by atoms with Gasteiger partial charge in [0.25, 0.3) is 5.91 Å². The summed E-state index contributed by atoms with van der Waals surface area (Å²) < 4.78 is 13.4. The number of carboxylic acid groups (broad SMARTS) is 1. The predicted octanol–water partition coefficient (Wildman–Crippen LogP) is 2.84. The van der Waals surface area contributed by atoms with Crippen molar-refractivity contribution < 1.29 is 19.1 Å². The second-order valence-corrected chi connectivity index (χ2v) is 5.86. The molecule has 3 N–H and O–H groups in total. The van der Waals surface area contributed by atoms with Crippen LogP contribution in [0.4, 0.5) is 4.39 Å². The maximum absolute atomic E-state index is 13.4. The van der Waals surface area contributed by atoms with E-state index < -0.39 is 17.9 Å². The van der Waals surface area contributed by atoms with Crippen LogP contribution in [0.25, 0.3) is 10.9 Å². The van der Waals surface area contributed by atoms with Crippen LogP contribution < -0.4 is 5.32 Å². The van der Waals surface area contributed by atoms with Gasteiger partial charge >= 0.3 is 5.97 Å². The Morgan fingerprint density at radius 3 is 2.59 bits per heavy atom. The Morgan fingerprint density at radius 1 is 1.32 bits per heavy atom. The zero-order valence-electron chi connectivity index (χ0n) is 12.7. The summed E-state index contributed by atoms with van der Waals surface area (Å²) >= 11 is 0. The van der Waals surface area contributed by atoms with E-state index >= 15 is 0 Å². The summed E-state index contributed by atoms with van der Waals surface area (Å²) in [6, 6.07) is 3.35. The number of aromatic amines is 1. The third kappa shape index (κ3) is 3.44. The first kappa shape index (κ1) is 16.0. The molecule has 0 aliphatic heterocycles.